The van der Waals surface area contributed by atoms with Crippen LogP contribution in [-0.4, -0.2) is 29.9 Å². The minimum atomic E-state index is 0.499. The van der Waals surface area contributed by atoms with Gasteiger partial charge in [0.05, 0.1) is 0 Å². The summed E-state index contributed by atoms with van der Waals surface area (Å²) in [7, 11) is 0. The van der Waals surface area contributed by atoms with Crippen molar-refractivity contribution in [1.82, 2.24) is 29.9 Å². The van der Waals surface area contributed by atoms with Crippen LogP contribution < -0.4 is 0 Å². The van der Waals surface area contributed by atoms with Crippen molar-refractivity contribution >= 4 is 0 Å². The topological polar surface area (TPSA) is 77.3 Å². The van der Waals surface area contributed by atoms with Gasteiger partial charge in [0.15, 0.2) is 11.6 Å². The van der Waals surface area contributed by atoms with Crippen molar-refractivity contribution in [2.45, 2.75) is 0 Å². The van der Waals surface area contributed by atoms with E-state index in [2.05, 4.69) is 36.0 Å². The summed E-state index contributed by atoms with van der Waals surface area (Å²) >= 11 is 0. The minimum Gasteiger partial charge on any atom is -0.245 e. The van der Waals surface area contributed by atoms with Gasteiger partial charge in [0.2, 0.25) is 0 Å². The molecule has 3 aromatic heterocycles. The van der Waals surface area contributed by atoms with Gasteiger partial charge in [-0.2, -0.15) is 0 Å². The first-order chi connectivity index (χ1) is 8.93. The van der Waals surface area contributed by atoms with E-state index in [1.807, 2.05) is 0 Å². The van der Waals surface area contributed by atoms with Crippen LogP contribution in [0, 0.1) is 6.07 Å². The zero-order valence-corrected chi connectivity index (χ0v) is 9.22. The van der Waals surface area contributed by atoms with Crippen LogP contribution in [0.2, 0.25) is 0 Å². The lowest BCUT2D eigenvalue weighted by atomic mass is 10.3. The van der Waals surface area contributed by atoms with Gasteiger partial charge in [0, 0.05) is 30.9 Å². The van der Waals surface area contributed by atoms with E-state index in [0.717, 1.165) is 0 Å². The molecule has 0 fully saturated rings. The molecule has 6 heteroatoms. The molecule has 0 spiro atoms. The molecule has 1 radical (unpaired) electrons. The lowest BCUT2D eigenvalue weighted by Gasteiger charge is -2.01. The quantitative estimate of drug-likeness (QED) is 0.664. The van der Waals surface area contributed by atoms with Crippen LogP contribution in [0.1, 0.15) is 0 Å². The van der Waals surface area contributed by atoms with Crippen LogP contribution in [0.4, 0.5) is 0 Å². The summed E-state index contributed by atoms with van der Waals surface area (Å²) in [5.74, 6) is 1.01. The fourth-order valence-electron chi connectivity index (χ4n) is 1.40. The average molecular weight is 235 g/mol. The largest absolute Gasteiger partial charge is 0.245 e. The molecular weight excluding hydrogens is 228 g/mol. The highest BCUT2D eigenvalue weighted by Crippen LogP contribution is 2.14. The number of hydrogen-bond acceptors (Lipinski definition) is 6. The maximum Gasteiger partial charge on any atom is 0.178 e. The number of hydrogen-bond donors (Lipinski definition) is 0. The van der Waals surface area contributed by atoms with Crippen molar-refractivity contribution in [2.24, 2.45) is 0 Å². The van der Waals surface area contributed by atoms with Crippen LogP contribution in [-0.2, 0) is 0 Å². The fraction of sp³-hybridized carbons (Fsp3) is 0. The predicted molar refractivity (Wildman–Crippen MR) is 62.9 cm³/mol. The Kier molecular flexibility index (Phi) is 2.67. The van der Waals surface area contributed by atoms with Crippen molar-refractivity contribution in [3.05, 3.63) is 49.3 Å². The van der Waals surface area contributed by atoms with Gasteiger partial charge in [-0.3, -0.25) is 0 Å². The van der Waals surface area contributed by atoms with Gasteiger partial charge in [0.25, 0.3) is 0 Å². The number of rotatable bonds is 2. The van der Waals surface area contributed by atoms with Gasteiger partial charge < -0.3 is 0 Å². The predicted octanol–water partition coefficient (Wildman–Crippen LogP) is 1.19. The Balaban J connectivity index is 2.05. The third-order valence-corrected chi connectivity index (χ3v) is 2.19. The summed E-state index contributed by atoms with van der Waals surface area (Å²) in [5.41, 5.74) is 1.19. The highest BCUT2D eigenvalue weighted by Gasteiger charge is 2.07. The summed E-state index contributed by atoms with van der Waals surface area (Å²) in [6.07, 6.45) is 7.94. The summed E-state index contributed by atoms with van der Waals surface area (Å²) in [5, 5.41) is 0. The molecule has 0 aliphatic rings. The molecule has 0 atom stereocenters. The Bertz CT molecular complexity index is 586. The molecule has 0 aliphatic heterocycles. The summed E-state index contributed by atoms with van der Waals surface area (Å²) in [6.45, 7) is 0. The second-order valence-electron chi connectivity index (χ2n) is 3.35. The van der Waals surface area contributed by atoms with Crippen molar-refractivity contribution in [1.29, 1.82) is 0 Å². The van der Waals surface area contributed by atoms with Crippen molar-refractivity contribution in [2.75, 3.05) is 0 Å². The van der Waals surface area contributed by atoms with Crippen LogP contribution in [0.5, 0.6) is 0 Å². The molecule has 85 valence electrons. The van der Waals surface area contributed by atoms with Crippen LogP contribution in [0.3, 0.4) is 0 Å². The maximum absolute atomic E-state index is 4.33. The Hall–Kier alpha value is -2.76. The Labute approximate surface area is 103 Å². The third kappa shape index (κ3) is 2.03. The standard InChI is InChI=1S/C12H7N6/c1-4-14-11(15-5-1)10-3-7-16-12(18-10)9-2-6-13-8-17-9/h1-2,4-8H. The minimum absolute atomic E-state index is 0.499. The van der Waals surface area contributed by atoms with E-state index >= 15 is 0 Å². The maximum atomic E-state index is 4.33. The molecule has 0 bridgehead atoms. The molecule has 0 unspecified atom stereocenters. The molecule has 6 nitrogen and oxygen atoms in total. The van der Waals surface area contributed by atoms with Crippen LogP contribution in [0.15, 0.2) is 43.2 Å². The Morgan fingerprint density at radius 3 is 2.56 bits per heavy atom. The lowest BCUT2D eigenvalue weighted by Crippen LogP contribution is -1.96. The van der Waals surface area contributed by atoms with Gasteiger partial charge in [-0.1, -0.05) is 0 Å². The highest BCUT2D eigenvalue weighted by molar-refractivity contribution is 5.54. The van der Waals surface area contributed by atoms with Gasteiger partial charge in [-0.05, 0) is 12.1 Å². The van der Waals surface area contributed by atoms with Gasteiger partial charge in [0.1, 0.15) is 17.7 Å². The molecule has 0 saturated carbocycles. The normalized spacial score (nSPS) is 10.2. The zero-order valence-electron chi connectivity index (χ0n) is 9.22. The van der Waals surface area contributed by atoms with Gasteiger partial charge in [-0.15, -0.1) is 0 Å². The molecule has 3 heterocycles. The molecule has 0 N–H and O–H groups in total. The first-order valence-electron chi connectivity index (χ1n) is 5.22. The summed E-state index contributed by atoms with van der Waals surface area (Å²) in [6, 6.07) is 6.39. The highest BCUT2D eigenvalue weighted by atomic mass is 15.0. The molecule has 0 aliphatic carbocycles. The molecule has 0 amide bonds. The molecular formula is C12H7N6. The number of nitrogens with zero attached hydrogens (tertiary/aromatic N) is 6. The second-order valence-corrected chi connectivity index (χ2v) is 3.35. The second kappa shape index (κ2) is 4.62. The van der Waals surface area contributed by atoms with Crippen LogP contribution >= 0.6 is 0 Å². The van der Waals surface area contributed by atoms with Crippen molar-refractivity contribution in [3.63, 3.8) is 0 Å². The molecule has 3 aromatic rings. The lowest BCUT2D eigenvalue weighted by molar-refractivity contribution is 1.08. The van der Waals surface area contributed by atoms with Crippen LogP contribution in [0.25, 0.3) is 23.0 Å². The third-order valence-electron chi connectivity index (χ3n) is 2.19. The molecule has 18 heavy (non-hydrogen) atoms. The first-order valence-corrected chi connectivity index (χ1v) is 5.22. The molecule has 0 aromatic carbocycles. The van der Waals surface area contributed by atoms with E-state index < -0.39 is 0 Å². The van der Waals surface area contributed by atoms with E-state index in [-0.39, 0.29) is 0 Å². The Morgan fingerprint density at radius 2 is 1.78 bits per heavy atom. The Morgan fingerprint density at radius 1 is 0.889 bits per heavy atom. The molecule has 0 saturated heterocycles. The van der Waals surface area contributed by atoms with Crippen molar-refractivity contribution in [3.8, 4) is 23.0 Å². The van der Waals surface area contributed by atoms with Crippen molar-refractivity contribution < 1.29 is 0 Å². The monoisotopic (exact) mass is 235 g/mol. The summed E-state index contributed by atoms with van der Waals surface area (Å²) in [4.78, 5) is 24.6. The SMILES string of the molecule is [c]1cnc(-c2ccncn2)nc1-c1ncccn1. The van der Waals surface area contributed by atoms with E-state index in [1.54, 1.807) is 30.7 Å². The van der Waals surface area contributed by atoms with E-state index in [9.17, 15) is 0 Å². The smallest absolute Gasteiger partial charge is 0.178 e. The van der Waals surface area contributed by atoms with E-state index in [0.29, 0.717) is 23.0 Å². The van der Waals surface area contributed by atoms with E-state index in [1.165, 1.54) is 12.5 Å². The van der Waals surface area contributed by atoms with E-state index in [4.69, 9.17) is 0 Å². The number of aromatic nitrogens is 6. The van der Waals surface area contributed by atoms with Gasteiger partial charge >= 0.3 is 0 Å². The average Bonchev–Trinajstić information content (AvgIpc) is 2.49. The first kappa shape index (κ1) is 10.4. The summed E-state index contributed by atoms with van der Waals surface area (Å²) < 4.78 is 0. The van der Waals surface area contributed by atoms with Gasteiger partial charge in [-0.25, -0.2) is 29.9 Å². The molecule has 3 rings (SSSR count). The zero-order chi connectivity index (χ0) is 12.2. The fourth-order valence-corrected chi connectivity index (χ4v) is 1.40.